The van der Waals surface area contributed by atoms with Crippen LogP contribution in [-0.2, 0) is 6.42 Å². The maximum absolute atomic E-state index is 13.5. The van der Waals surface area contributed by atoms with Gasteiger partial charge < -0.3 is 19.5 Å². The monoisotopic (exact) mass is 489 g/mol. The highest BCUT2D eigenvalue weighted by Crippen LogP contribution is 2.44. The number of halogens is 1. The van der Waals surface area contributed by atoms with Gasteiger partial charge in [-0.1, -0.05) is 41.9 Å². The first-order valence-corrected chi connectivity index (χ1v) is 11.5. The molecule has 4 aromatic rings. The van der Waals surface area contributed by atoms with Gasteiger partial charge in [0.2, 0.25) is 0 Å². The summed E-state index contributed by atoms with van der Waals surface area (Å²) in [5, 5.41) is 18.4. The van der Waals surface area contributed by atoms with Crippen LogP contribution in [0.2, 0.25) is 5.02 Å². The summed E-state index contributed by atoms with van der Waals surface area (Å²) in [6.07, 6.45) is 0.611. The van der Waals surface area contributed by atoms with Crippen molar-refractivity contribution < 1.29 is 19.4 Å². The molecule has 0 saturated carbocycles. The third kappa shape index (κ3) is 4.08. The van der Waals surface area contributed by atoms with E-state index >= 15 is 0 Å². The molecule has 0 aliphatic carbocycles. The number of aromatic hydroxyl groups is 1. The first-order chi connectivity index (χ1) is 17.0. The van der Waals surface area contributed by atoms with E-state index in [1.165, 1.54) is 0 Å². The number of hydrogen-bond donors (Lipinski definition) is 2. The van der Waals surface area contributed by atoms with E-state index in [2.05, 4.69) is 10.2 Å². The van der Waals surface area contributed by atoms with Gasteiger partial charge in [-0.15, -0.1) is 0 Å². The number of H-pyrrole nitrogens is 1. The number of nitrogens with one attached hydrogen (secondary N) is 1. The quantitative estimate of drug-likeness (QED) is 0.370. The van der Waals surface area contributed by atoms with E-state index in [0.29, 0.717) is 46.4 Å². The average Bonchev–Trinajstić information content (AvgIpc) is 3.42. The summed E-state index contributed by atoms with van der Waals surface area (Å²) in [5.74, 6) is 1.26. The Bertz CT molecular complexity index is 1380. The second kappa shape index (κ2) is 9.35. The maximum Gasteiger partial charge on any atom is 0.273 e. The fourth-order valence-electron chi connectivity index (χ4n) is 4.58. The van der Waals surface area contributed by atoms with Gasteiger partial charge in [0.15, 0.2) is 11.5 Å². The van der Waals surface area contributed by atoms with Crippen LogP contribution >= 0.6 is 11.6 Å². The molecular formula is C27H24ClN3O4. The van der Waals surface area contributed by atoms with Gasteiger partial charge in [-0.3, -0.25) is 9.89 Å². The fraction of sp³-hybridized carbons (Fsp3) is 0.185. The number of phenolic OH excluding ortho intramolecular Hbond substituents is 1. The highest BCUT2D eigenvalue weighted by molar-refractivity contribution is 6.30. The minimum Gasteiger partial charge on any atom is -0.507 e. The van der Waals surface area contributed by atoms with Crippen LogP contribution < -0.4 is 9.47 Å². The summed E-state index contributed by atoms with van der Waals surface area (Å²) in [6, 6.07) is 19.8. The maximum atomic E-state index is 13.5. The van der Waals surface area contributed by atoms with Crippen molar-refractivity contribution in [3.05, 3.63) is 94.1 Å². The summed E-state index contributed by atoms with van der Waals surface area (Å²) in [4.78, 5) is 15.4. The van der Waals surface area contributed by atoms with Crippen molar-refractivity contribution in [1.82, 2.24) is 15.1 Å². The van der Waals surface area contributed by atoms with Crippen molar-refractivity contribution in [2.75, 3.05) is 20.8 Å². The molecule has 3 aromatic carbocycles. The number of methoxy groups -OCH3 is 2. The number of benzene rings is 3. The molecule has 1 aliphatic heterocycles. The van der Waals surface area contributed by atoms with E-state index in [1.54, 1.807) is 32.4 Å². The SMILES string of the molecule is COc1ccc(CCN2C(=O)c3[nH]nc(-c4ccccc4O)c3[C@H]2c2ccc(Cl)cc2)cc1OC. The molecule has 1 aromatic heterocycles. The van der Waals surface area contributed by atoms with Gasteiger partial charge in [0, 0.05) is 22.7 Å². The fourth-order valence-corrected chi connectivity index (χ4v) is 4.71. The number of nitrogens with zero attached hydrogens (tertiary/aromatic N) is 2. The van der Waals surface area contributed by atoms with Gasteiger partial charge >= 0.3 is 0 Å². The highest BCUT2D eigenvalue weighted by Gasteiger charge is 2.42. The molecule has 2 N–H and O–H groups in total. The molecular weight excluding hydrogens is 466 g/mol. The van der Waals surface area contributed by atoms with Crippen LogP contribution in [0.4, 0.5) is 0 Å². The molecule has 8 heteroatoms. The predicted octanol–water partition coefficient (Wildman–Crippen LogP) is 5.24. The number of amides is 1. The third-order valence-corrected chi connectivity index (χ3v) is 6.55. The Labute approximate surface area is 207 Å². The Morgan fingerprint density at radius 2 is 1.77 bits per heavy atom. The molecule has 5 rings (SSSR count). The van der Waals surface area contributed by atoms with Crippen LogP contribution in [0.1, 0.15) is 33.2 Å². The highest BCUT2D eigenvalue weighted by atomic mass is 35.5. The zero-order chi connectivity index (χ0) is 24.5. The van der Waals surface area contributed by atoms with Gasteiger partial charge in [-0.25, -0.2) is 0 Å². The van der Waals surface area contributed by atoms with Gasteiger partial charge in [-0.05, 0) is 53.9 Å². The Hall–Kier alpha value is -3.97. The number of para-hydroxylation sites is 1. The molecule has 178 valence electrons. The number of carbonyl (C=O) groups excluding carboxylic acids is 1. The molecule has 2 heterocycles. The molecule has 0 bridgehead atoms. The number of rotatable bonds is 7. The summed E-state index contributed by atoms with van der Waals surface area (Å²) < 4.78 is 10.8. The standard InChI is InChI=1S/C27H24ClN3O4/c1-34-21-12-7-16(15-22(21)35-2)13-14-31-26(17-8-10-18(28)11-9-17)23-24(29-30-25(23)27(31)33)19-5-3-4-6-20(19)32/h3-12,15,26,32H,13-14H2,1-2H3,(H,29,30)/t26-/m1/s1. The zero-order valence-electron chi connectivity index (χ0n) is 19.3. The first kappa shape index (κ1) is 22.8. The molecule has 0 radical (unpaired) electrons. The molecule has 7 nitrogen and oxygen atoms in total. The zero-order valence-corrected chi connectivity index (χ0v) is 20.0. The van der Waals surface area contributed by atoms with Crippen LogP contribution in [-0.4, -0.2) is 46.9 Å². The predicted molar refractivity (Wildman–Crippen MR) is 133 cm³/mol. The molecule has 1 atom stereocenters. The molecule has 1 aliphatic rings. The lowest BCUT2D eigenvalue weighted by Crippen LogP contribution is -2.31. The molecule has 0 spiro atoms. The number of hydrogen-bond acceptors (Lipinski definition) is 5. The minimum absolute atomic E-state index is 0.105. The van der Waals surface area contributed by atoms with Crippen LogP contribution in [0.25, 0.3) is 11.3 Å². The Morgan fingerprint density at radius 1 is 1.03 bits per heavy atom. The van der Waals surface area contributed by atoms with E-state index in [4.69, 9.17) is 21.1 Å². The second-order valence-electron chi connectivity index (χ2n) is 8.27. The average molecular weight is 490 g/mol. The lowest BCUT2D eigenvalue weighted by Gasteiger charge is -2.26. The van der Waals surface area contributed by atoms with Crippen molar-refractivity contribution in [3.63, 3.8) is 0 Å². The third-order valence-electron chi connectivity index (χ3n) is 6.30. The Kier molecular flexibility index (Phi) is 6.09. The Balaban J connectivity index is 1.54. The molecule has 0 saturated heterocycles. The smallest absolute Gasteiger partial charge is 0.273 e. The minimum atomic E-state index is -0.386. The van der Waals surface area contributed by atoms with E-state index in [-0.39, 0.29) is 17.7 Å². The lowest BCUT2D eigenvalue weighted by molar-refractivity contribution is 0.0746. The summed E-state index contributed by atoms with van der Waals surface area (Å²) in [5.41, 5.74) is 4.21. The number of aromatic nitrogens is 2. The topological polar surface area (TPSA) is 87.7 Å². The van der Waals surface area contributed by atoms with Crippen LogP contribution in [0, 0.1) is 0 Å². The normalized spacial score (nSPS) is 14.8. The second-order valence-corrected chi connectivity index (χ2v) is 8.71. The van der Waals surface area contributed by atoms with Gasteiger partial charge in [0.05, 0.1) is 20.3 Å². The molecule has 35 heavy (non-hydrogen) atoms. The van der Waals surface area contributed by atoms with Crippen molar-refractivity contribution in [3.8, 4) is 28.5 Å². The van der Waals surface area contributed by atoms with Gasteiger partial charge in [0.1, 0.15) is 17.1 Å². The number of phenols is 1. The van der Waals surface area contributed by atoms with Crippen molar-refractivity contribution in [2.45, 2.75) is 12.5 Å². The van der Waals surface area contributed by atoms with E-state index in [0.717, 1.165) is 16.7 Å². The number of fused-ring (bicyclic) bond motifs is 1. The number of ether oxygens (including phenoxy) is 2. The van der Waals surface area contributed by atoms with Crippen molar-refractivity contribution in [1.29, 1.82) is 0 Å². The van der Waals surface area contributed by atoms with Crippen molar-refractivity contribution >= 4 is 17.5 Å². The summed E-state index contributed by atoms with van der Waals surface area (Å²) in [6.45, 7) is 0.463. The lowest BCUT2D eigenvalue weighted by atomic mass is 9.95. The van der Waals surface area contributed by atoms with Crippen LogP contribution in [0.3, 0.4) is 0 Å². The van der Waals surface area contributed by atoms with Gasteiger partial charge in [-0.2, -0.15) is 5.10 Å². The van der Waals surface area contributed by atoms with Crippen molar-refractivity contribution in [2.24, 2.45) is 0 Å². The van der Waals surface area contributed by atoms with E-state index in [9.17, 15) is 9.90 Å². The largest absolute Gasteiger partial charge is 0.507 e. The molecule has 0 fully saturated rings. The van der Waals surface area contributed by atoms with Crippen LogP contribution in [0.5, 0.6) is 17.2 Å². The van der Waals surface area contributed by atoms with Crippen LogP contribution in [0.15, 0.2) is 66.7 Å². The molecule has 1 amide bonds. The summed E-state index contributed by atoms with van der Waals surface area (Å²) in [7, 11) is 3.20. The summed E-state index contributed by atoms with van der Waals surface area (Å²) >= 11 is 6.15. The van der Waals surface area contributed by atoms with E-state index in [1.807, 2.05) is 53.4 Å². The Morgan fingerprint density at radius 3 is 2.49 bits per heavy atom. The first-order valence-electron chi connectivity index (χ1n) is 11.2. The molecule has 0 unspecified atom stereocenters. The number of aromatic amines is 1. The number of carbonyl (C=O) groups is 1. The van der Waals surface area contributed by atoms with E-state index < -0.39 is 0 Å². The van der Waals surface area contributed by atoms with Gasteiger partial charge in [0.25, 0.3) is 5.91 Å².